The van der Waals surface area contributed by atoms with Gasteiger partial charge in [-0.1, -0.05) is 11.6 Å². The number of carbonyl (C=O) groups excluding carboxylic acids is 1. The predicted octanol–water partition coefficient (Wildman–Crippen LogP) is 4.68. The maximum atomic E-state index is 14.7. The summed E-state index contributed by atoms with van der Waals surface area (Å²) in [6.07, 6.45) is 6.29. The second kappa shape index (κ2) is 9.94. The molecule has 3 fully saturated rings. The van der Waals surface area contributed by atoms with Crippen LogP contribution >= 0.6 is 24.0 Å². The fraction of sp³-hybridized carbons (Fsp3) is 0.462. The van der Waals surface area contributed by atoms with Crippen molar-refractivity contribution in [2.75, 3.05) is 18.5 Å². The minimum Gasteiger partial charge on any atom is -0.480 e. The van der Waals surface area contributed by atoms with Gasteiger partial charge < -0.3 is 20.1 Å². The number of aryl methyl sites for hydroxylation is 2. The molecule has 0 aromatic carbocycles. The third-order valence-electron chi connectivity index (χ3n) is 7.77. The predicted molar refractivity (Wildman–Crippen MR) is 140 cm³/mol. The second-order valence-electron chi connectivity index (χ2n) is 10.1. The van der Waals surface area contributed by atoms with Gasteiger partial charge in [0.2, 0.25) is 0 Å². The summed E-state index contributed by atoms with van der Waals surface area (Å²) in [6, 6.07) is 5.48. The van der Waals surface area contributed by atoms with E-state index in [1.165, 1.54) is 6.20 Å². The first-order chi connectivity index (χ1) is 17.3. The van der Waals surface area contributed by atoms with Crippen molar-refractivity contribution < 1.29 is 18.7 Å². The molecule has 0 atom stereocenters. The number of rotatable bonds is 6. The molecule has 1 saturated carbocycles. The number of hydrogen-bond donors (Lipinski definition) is 2. The smallest absolute Gasteiger partial charge is 0.263 e. The molecule has 0 unspecified atom stereocenters. The number of nitrogens with zero attached hydrogens (tertiary/aromatic N) is 3. The number of nitrogens with one attached hydrogen (secondary N) is 2. The van der Waals surface area contributed by atoms with Crippen LogP contribution in [-0.4, -0.2) is 45.2 Å². The Balaban J connectivity index is 0.00000280. The summed E-state index contributed by atoms with van der Waals surface area (Å²) in [4.78, 5) is 24.9. The first kappa shape index (κ1) is 26.0. The van der Waals surface area contributed by atoms with Crippen molar-refractivity contribution in [3.63, 3.8) is 0 Å². The normalized spacial score (nSPS) is 24.2. The van der Waals surface area contributed by atoms with Gasteiger partial charge in [-0.2, -0.15) is 0 Å². The van der Waals surface area contributed by atoms with E-state index in [9.17, 15) is 9.18 Å². The molecular weight excluding hydrogens is 520 g/mol. The Morgan fingerprint density at radius 3 is 2.78 bits per heavy atom. The van der Waals surface area contributed by atoms with Crippen LogP contribution in [0.15, 0.2) is 24.4 Å². The molecule has 196 valence electrons. The van der Waals surface area contributed by atoms with E-state index in [0.29, 0.717) is 58.5 Å². The molecule has 7 rings (SSSR count). The molecule has 2 saturated heterocycles. The molecule has 4 aliphatic rings. The van der Waals surface area contributed by atoms with Crippen molar-refractivity contribution in [3.8, 4) is 5.75 Å². The fourth-order valence-electron chi connectivity index (χ4n) is 5.51. The highest BCUT2D eigenvalue weighted by Crippen LogP contribution is 2.46. The van der Waals surface area contributed by atoms with Gasteiger partial charge in [0.25, 0.3) is 5.91 Å². The van der Waals surface area contributed by atoms with E-state index in [2.05, 4.69) is 25.6 Å². The van der Waals surface area contributed by atoms with Gasteiger partial charge >= 0.3 is 0 Å². The molecule has 1 aliphatic carbocycles. The van der Waals surface area contributed by atoms with Crippen LogP contribution in [0, 0.1) is 12.7 Å². The summed E-state index contributed by atoms with van der Waals surface area (Å²) in [5.41, 5.74) is 3.07. The van der Waals surface area contributed by atoms with E-state index in [-0.39, 0.29) is 41.9 Å². The van der Waals surface area contributed by atoms with Crippen molar-refractivity contribution in [1.29, 1.82) is 0 Å². The van der Waals surface area contributed by atoms with E-state index in [1.54, 1.807) is 6.07 Å². The Morgan fingerprint density at radius 1 is 1.22 bits per heavy atom. The van der Waals surface area contributed by atoms with E-state index in [4.69, 9.17) is 21.1 Å². The van der Waals surface area contributed by atoms with E-state index < -0.39 is 0 Å². The van der Waals surface area contributed by atoms with E-state index in [1.807, 2.05) is 19.1 Å². The van der Waals surface area contributed by atoms with Gasteiger partial charge in [0, 0.05) is 29.4 Å². The zero-order valence-electron chi connectivity index (χ0n) is 20.4. The lowest BCUT2D eigenvalue weighted by molar-refractivity contribution is -0.165. The molecule has 2 N–H and O–H groups in total. The van der Waals surface area contributed by atoms with Crippen LogP contribution in [0.4, 0.5) is 10.2 Å². The Hall–Kier alpha value is -2.59. The molecule has 6 heterocycles. The lowest BCUT2D eigenvalue weighted by Crippen LogP contribution is -2.61. The second-order valence-corrected chi connectivity index (χ2v) is 10.5. The number of aromatic nitrogens is 3. The average Bonchev–Trinajstić information content (AvgIpc) is 2.88. The molecule has 11 heteroatoms. The van der Waals surface area contributed by atoms with E-state index >= 15 is 0 Å². The van der Waals surface area contributed by atoms with Gasteiger partial charge in [0.1, 0.15) is 5.82 Å². The minimum absolute atomic E-state index is 0. The Bertz CT molecular complexity index is 1340. The van der Waals surface area contributed by atoms with Crippen LogP contribution in [-0.2, 0) is 22.5 Å². The number of hydrogen-bond acceptors (Lipinski definition) is 7. The minimum atomic E-state index is -0.310. The van der Waals surface area contributed by atoms with Crippen molar-refractivity contribution in [1.82, 2.24) is 20.3 Å². The molecule has 2 bridgehead atoms. The number of halogens is 3. The summed E-state index contributed by atoms with van der Waals surface area (Å²) in [5.74, 6) is 0.335. The quantitative estimate of drug-likeness (QED) is 0.462. The fourth-order valence-corrected chi connectivity index (χ4v) is 5.72. The summed E-state index contributed by atoms with van der Waals surface area (Å²) in [5, 5.41) is 6.84. The molecule has 0 radical (unpaired) electrons. The SMILES string of the molecule is Cc1ccc2ncc(F)c(CCC34CCC(NCc5nc6c(cc5Cl)OCC(=O)N6)(CC3)CO4)c2n1.Cl. The monoisotopic (exact) mass is 547 g/mol. The van der Waals surface area contributed by atoms with Crippen LogP contribution in [0.1, 0.15) is 49.1 Å². The third-order valence-corrected chi connectivity index (χ3v) is 8.10. The van der Waals surface area contributed by atoms with Crippen molar-refractivity contribution in [3.05, 3.63) is 52.2 Å². The highest BCUT2D eigenvalue weighted by Gasteiger charge is 2.49. The number of fused-ring (bicyclic) bond motifs is 5. The first-order valence-electron chi connectivity index (χ1n) is 12.3. The van der Waals surface area contributed by atoms with Crippen LogP contribution in [0.2, 0.25) is 5.02 Å². The lowest BCUT2D eigenvalue weighted by atomic mass is 9.69. The molecular formula is C26H28Cl2FN5O3. The average molecular weight is 548 g/mol. The Labute approximate surface area is 225 Å². The zero-order valence-corrected chi connectivity index (χ0v) is 22.0. The number of pyridine rings is 3. The highest BCUT2D eigenvalue weighted by molar-refractivity contribution is 6.31. The largest absolute Gasteiger partial charge is 0.480 e. The van der Waals surface area contributed by atoms with Gasteiger partial charge in [-0.3, -0.25) is 14.8 Å². The number of amides is 1. The number of ether oxygens (including phenoxy) is 2. The van der Waals surface area contributed by atoms with Gasteiger partial charge in [0.05, 0.1) is 40.2 Å². The van der Waals surface area contributed by atoms with Gasteiger partial charge in [0.15, 0.2) is 18.2 Å². The maximum Gasteiger partial charge on any atom is 0.263 e. The van der Waals surface area contributed by atoms with Crippen molar-refractivity contribution in [2.24, 2.45) is 0 Å². The molecule has 8 nitrogen and oxygen atoms in total. The standard InChI is InChI=1S/C26H27ClFN5O3.ClH/c1-15-2-3-19-23(31-15)16(18(28)11-29-19)4-5-26-8-6-25(7-9-26,14-36-26)30-12-20-17(27)10-21-24(32-20)33-22(34)13-35-21;/h2-3,10-11,30H,4-9,12-14H2,1H3,(H,32,33,34);1H. The van der Waals surface area contributed by atoms with E-state index in [0.717, 1.165) is 37.8 Å². The molecule has 0 spiro atoms. The molecule has 3 aromatic rings. The lowest BCUT2D eigenvalue weighted by Gasteiger charge is -2.53. The Morgan fingerprint density at radius 2 is 2.03 bits per heavy atom. The summed E-state index contributed by atoms with van der Waals surface area (Å²) in [7, 11) is 0. The van der Waals surface area contributed by atoms with Gasteiger partial charge in [-0.05, 0) is 57.6 Å². The summed E-state index contributed by atoms with van der Waals surface area (Å²) in [6.45, 7) is 2.90. The van der Waals surface area contributed by atoms with Gasteiger partial charge in [-0.15, -0.1) is 12.4 Å². The zero-order chi connectivity index (χ0) is 24.9. The molecule has 3 aromatic heterocycles. The first-order valence-corrected chi connectivity index (χ1v) is 12.6. The highest BCUT2D eigenvalue weighted by atomic mass is 35.5. The number of anilines is 1. The van der Waals surface area contributed by atoms with Gasteiger partial charge in [-0.25, -0.2) is 9.37 Å². The number of carbonyl (C=O) groups is 1. The van der Waals surface area contributed by atoms with Crippen LogP contribution in [0.5, 0.6) is 5.75 Å². The summed E-state index contributed by atoms with van der Waals surface area (Å²) < 4.78 is 26.5. The van der Waals surface area contributed by atoms with Crippen molar-refractivity contribution in [2.45, 2.75) is 63.1 Å². The molecule has 3 aliphatic heterocycles. The maximum absolute atomic E-state index is 14.7. The Kier molecular flexibility index (Phi) is 7.00. The third kappa shape index (κ3) is 4.97. The molecule has 37 heavy (non-hydrogen) atoms. The van der Waals surface area contributed by atoms with Crippen LogP contribution < -0.4 is 15.4 Å². The van der Waals surface area contributed by atoms with Crippen LogP contribution in [0.25, 0.3) is 11.0 Å². The van der Waals surface area contributed by atoms with Crippen LogP contribution in [0.3, 0.4) is 0 Å². The van der Waals surface area contributed by atoms with Crippen molar-refractivity contribution >= 4 is 46.8 Å². The topological polar surface area (TPSA) is 98.3 Å². The summed E-state index contributed by atoms with van der Waals surface area (Å²) >= 11 is 6.43. The molecule has 1 amide bonds.